The molecule has 44 heavy (non-hydrogen) atoms. The fourth-order valence-corrected chi connectivity index (χ4v) is 6.49. The molecule has 0 fully saturated rings. The zero-order chi connectivity index (χ0) is 30.0. The van der Waals surface area contributed by atoms with Gasteiger partial charge in [-0.25, -0.2) is 15.0 Å². The number of benzene rings is 4. The molecular weight excluding hydrogens is 717 g/mol. The van der Waals surface area contributed by atoms with Crippen LogP contribution in [0.4, 0.5) is 0 Å². The maximum absolute atomic E-state index is 4.94. The third kappa shape index (κ3) is 4.70. The van der Waals surface area contributed by atoms with Crippen molar-refractivity contribution in [3.05, 3.63) is 120 Å². The monoisotopic (exact) mass is 752 g/mol. The minimum Gasteiger partial charge on any atom is -0.304 e. The van der Waals surface area contributed by atoms with Gasteiger partial charge in [-0.3, -0.25) is 0 Å². The molecule has 0 bridgehead atoms. The predicted octanol–water partition coefficient (Wildman–Crippen LogP) is 9.48. The predicted molar refractivity (Wildman–Crippen MR) is 176 cm³/mol. The summed E-state index contributed by atoms with van der Waals surface area (Å²) >= 11 is 0. The van der Waals surface area contributed by atoms with Gasteiger partial charge in [0.25, 0.3) is 0 Å². The molecule has 1 aliphatic carbocycles. The first-order valence-electron chi connectivity index (χ1n) is 14.9. The van der Waals surface area contributed by atoms with Gasteiger partial charge in [-0.15, -0.1) is 34.9 Å². The third-order valence-electron chi connectivity index (χ3n) is 10.4. The Morgan fingerprint density at radius 2 is 1.14 bits per heavy atom. The van der Waals surface area contributed by atoms with Crippen molar-refractivity contribution >= 4 is 10.8 Å². The van der Waals surface area contributed by atoms with Gasteiger partial charge in [0.1, 0.15) is 0 Å². The molecule has 0 aliphatic heterocycles. The smallest absolute Gasteiger partial charge is 0.165 e. The molecule has 6 aromatic rings. The van der Waals surface area contributed by atoms with Gasteiger partial charge in [0.05, 0.1) is 0 Å². The largest absolute Gasteiger partial charge is 0.304 e. The fraction of sp³-hybridized carbons (Fsp3) is 0.231. The maximum Gasteiger partial charge on any atom is 0.165 e. The molecule has 0 unspecified atom stereocenters. The molecule has 0 saturated heterocycles. The summed E-state index contributed by atoms with van der Waals surface area (Å²) in [5.41, 5.74) is 7.56. The number of fused-ring (bicyclic) bond motifs is 2. The third-order valence-corrected chi connectivity index (χ3v) is 10.4. The molecule has 0 amide bonds. The SMILES string of the molecule is CC1(C)c2c[c-]c(-c3ccc(-c4nc(-c5ccccc5)nc(-c5ccc6ccccc6c5)n4)cn3)cc2C(C)(C)C1(C)C.[Ir]. The summed E-state index contributed by atoms with van der Waals surface area (Å²) in [6, 6.07) is 36.8. The number of hydrogen-bond acceptors (Lipinski definition) is 4. The minimum absolute atomic E-state index is 0. The molecule has 7 rings (SSSR count). The molecule has 4 nitrogen and oxygen atoms in total. The fourth-order valence-electron chi connectivity index (χ4n) is 6.49. The first kappa shape index (κ1) is 30.0. The van der Waals surface area contributed by atoms with Crippen molar-refractivity contribution < 1.29 is 20.1 Å². The summed E-state index contributed by atoms with van der Waals surface area (Å²) in [5.74, 6) is 1.87. The Morgan fingerprint density at radius 1 is 0.545 bits per heavy atom. The van der Waals surface area contributed by atoms with Gasteiger partial charge in [-0.2, -0.15) is 0 Å². The number of rotatable bonds is 4. The van der Waals surface area contributed by atoms with E-state index >= 15 is 0 Å². The number of pyridine rings is 1. The van der Waals surface area contributed by atoms with E-state index in [-0.39, 0.29) is 36.4 Å². The van der Waals surface area contributed by atoms with Crippen LogP contribution in [-0.4, -0.2) is 19.9 Å². The van der Waals surface area contributed by atoms with Crippen LogP contribution in [0, 0.1) is 11.5 Å². The van der Waals surface area contributed by atoms with Crippen molar-refractivity contribution in [1.82, 2.24) is 19.9 Å². The van der Waals surface area contributed by atoms with Crippen molar-refractivity contribution in [3.63, 3.8) is 0 Å². The van der Waals surface area contributed by atoms with Crippen molar-refractivity contribution in [1.29, 1.82) is 0 Å². The first-order valence-corrected chi connectivity index (χ1v) is 14.9. The van der Waals surface area contributed by atoms with Gasteiger partial charge in [0.2, 0.25) is 0 Å². The van der Waals surface area contributed by atoms with E-state index in [0.29, 0.717) is 17.5 Å². The number of aromatic nitrogens is 4. The van der Waals surface area contributed by atoms with Crippen LogP contribution < -0.4 is 0 Å². The topological polar surface area (TPSA) is 51.6 Å². The van der Waals surface area contributed by atoms with E-state index in [4.69, 9.17) is 19.9 Å². The van der Waals surface area contributed by atoms with E-state index in [9.17, 15) is 0 Å². The summed E-state index contributed by atoms with van der Waals surface area (Å²) in [7, 11) is 0. The Hall–Kier alpha value is -4.05. The van der Waals surface area contributed by atoms with E-state index in [2.05, 4.69) is 108 Å². The molecule has 0 N–H and O–H groups in total. The van der Waals surface area contributed by atoms with Gasteiger partial charge in [-0.1, -0.05) is 120 Å². The summed E-state index contributed by atoms with van der Waals surface area (Å²) in [5, 5.41) is 2.33. The van der Waals surface area contributed by atoms with E-state index in [0.717, 1.165) is 33.3 Å². The Kier molecular flexibility index (Phi) is 7.39. The number of nitrogens with zero attached hydrogens (tertiary/aromatic N) is 4. The summed E-state index contributed by atoms with van der Waals surface area (Å²) in [6.45, 7) is 14.2. The second-order valence-electron chi connectivity index (χ2n) is 13.2. The van der Waals surface area contributed by atoms with Crippen molar-refractivity contribution in [2.45, 2.75) is 52.4 Å². The Bertz CT molecular complexity index is 1990. The van der Waals surface area contributed by atoms with E-state index in [1.165, 1.54) is 16.5 Å². The van der Waals surface area contributed by atoms with Crippen molar-refractivity contribution in [2.24, 2.45) is 5.41 Å². The molecular formula is C39H35IrN4-. The average Bonchev–Trinajstić information content (AvgIpc) is 3.14. The molecule has 0 saturated carbocycles. The minimum atomic E-state index is 0. The Morgan fingerprint density at radius 3 is 1.82 bits per heavy atom. The molecule has 0 spiro atoms. The van der Waals surface area contributed by atoms with E-state index in [1.807, 2.05) is 42.6 Å². The Balaban J connectivity index is 0.00000343. The number of hydrogen-bond donors (Lipinski definition) is 0. The molecule has 4 aromatic carbocycles. The van der Waals surface area contributed by atoms with Gasteiger partial charge >= 0.3 is 0 Å². The molecule has 2 heterocycles. The van der Waals surface area contributed by atoms with Gasteiger partial charge in [-0.05, 0) is 38.8 Å². The zero-order valence-electron chi connectivity index (χ0n) is 25.9. The van der Waals surface area contributed by atoms with Crippen molar-refractivity contribution in [2.75, 3.05) is 0 Å². The quantitative estimate of drug-likeness (QED) is 0.169. The summed E-state index contributed by atoms with van der Waals surface area (Å²) in [4.78, 5) is 19.6. The first-order chi connectivity index (χ1) is 20.6. The van der Waals surface area contributed by atoms with Crippen LogP contribution in [0.15, 0.2) is 103 Å². The van der Waals surface area contributed by atoms with Crippen LogP contribution in [0.3, 0.4) is 0 Å². The molecule has 5 heteroatoms. The zero-order valence-corrected chi connectivity index (χ0v) is 28.3. The van der Waals surface area contributed by atoms with Gasteiger partial charge in [0.15, 0.2) is 17.5 Å². The van der Waals surface area contributed by atoms with Crippen LogP contribution in [0.5, 0.6) is 0 Å². The maximum atomic E-state index is 4.94. The standard InChI is InChI=1S/C39H35N4.Ir/c1-37(2)31-20-18-28(23-32(31)38(3,4)39(37,5)6)33-21-19-30(24-40-33)36-42-34(26-13-8-7-9-14-26)41-35(43-36)29-17-16-25-12-10-11-15-27(25)22-29;/h7-17,19-24H,1-6H3;/q-1;. The molecule has 2 aromatic heterocycles. The second-order valence-corrected chi connectivity index (χ2v) is 13.2. The van der Waals surface area contributed by atoms with Crippen molar-refractivity contribution in [3.8, 4) is 45.4 Å². The second kappa shape index (κ2) is 10.8. The average molecular weight is 752 g/mol. The molecule has 221 valence electrons. The van der Waals surface area contributed by atoms with Gasteiger partial charge < -0.3 is 4.98 Å². The van der Waals surface area contributed by atoms with E-state index < -0.39 is 0 Å². The van der Waals surface area contributed by atoms with Crippen LogP contribution in [-0.2, 0) is 30.9 Å². The van der Waals surface area contributed by atoms with Crippen LogP contribution >= 0.6 is 0 Å². The molecule has 1 aliphatic rings. The normalized spacial score (nSPS) is 15.9. The van der Waals surface area contributed by atoms with Gasteiger partial charge in [0, 0.05) is 43.0 Å². The summed E-state index contributed by atoms with van der Waals surface area (Å²) < 4.78 is 0. The van der Waals surface area contributed by atoms with E-state index in [1.54, 1.807) is 0 Å². The molecule has 1 radical (unpaired) electrons. The summed E-state index contributed by atoms with van der Waals surface area (Å²) in [6.07, 6.45) is 1.86. The Labute approximate surface area is 273 Å². The van der Waals surface area contributed by atoms with Crippen LogP contribution in [0.2, 0.25) is 0 Å². The molecule has 0 atom stereocenters. The van der Waals surface area contributed by atoms with Crippen LogP contribution in [0.1, 0.15) is 52.7 Å². The van der Waals surface area contributed by atoms with Crippen LogP contribution in [0.25, 0.3) is 56.2 Å².